The number of methoxy groups -OCH3 is 1. The fraction of sp³-hybridized carbons (Fsp3) is 0.214. The van der Waals surface area contributed by atoms with Crippen LogP contribution in [-0.2, 0) is 6.54 Å². The van der Waals surface area contributed by atoms with E-state index in [9.17, 15) is 9.18 Å². The van der Waals surface area contributed by atoms with Crippen LogP contribution in [0, 0.1) is 5.82 Å². The largest absolute Gasteiger partial charge is 0.497 e. The quantitative estimate of drug-likeness (QED) is 0.858. The molecule has 2 aromatic rings. The van der Waals surface area contributed by atoms with Crippen molar-refractivity contribution in [2.24, 2.45) is 0 Å². The number of halogens is 2. The van der Waals surface area contributed by atoms with Gasteiger partial charge in [-0.15, -0.1) is 11.3 Å². The van der Waals surface area contributed by atoms with Gasteiger partial charge in [0.05, 0.1) is 23.6 Å². The molecule has 0 aliphatic heterocycles. The molecule has 0 bridgehead atoms. The summed E-state index contributed by atoms with van der Waals surface area (Å²) < 4.78 is 19.4. The van der Waals surface area contributed by atoms with Crippen molar-refractivity contribution in [1.29, 1.82) is 0 Å². The summed E-state index contributed by atoms with van der Waals surface area (Å²) in [6, 6.07) is 7.80. The molecule has 3 nitrogen and oxygen atoms in total. The average molecular weight is 314 g/mol. The van der Waals surface area contributed by atoms with Crippen LogP contribution in [0.1, 0.15) is 15.2 Å². The number of carbonyl (C=O) groups excluding carboxylic acids is 1. The molecule has 1 aromatic heterocycles. The van der Waals surface area contributed by atoms with Crippen LogP contribution in [0.25, 0.3) is 0 Å². The van der Waals surface area contributed by atoms with E-state index in [1.165, 1.54) is 35.5 Å². The van der Waals surface area contributed by atoms with Crippen LogP contribution in [0.4, 0.5) is 4.39 Å². The lowest BCUT2D eigenvalue weighted by Gasteiger charge is -2.16. The summed E-state index contributed by atoms with van der Waals surface area (Å²) in [5, 5.41) is 0. The number of rotatable bonds is 4. The van der Waals surface area contributed by atoms with Gasteiger partial charge >= 0.3 is 0 Å². The van der Waals surface area contributed by atoms with Gasteiger partial charge in [-0.1, -0.05) is 11.6 Å². The van der Waals surface area contributed by atoms with E-state index in [1.807, 2.05) is 6.07 Å². The molecule has 0 radical (unpaired) electrons. The Labute approximate surface area is 125 Å². The zero-order chi connectivity index (χ0) is 14.7. The highest BCUT2D eigenvalue weighted by molar-refractivity contribution is 7.16. The second-order valence-electron chi connectivity index (χ2n) is 4.21. The van der Waals surface area contributed by atoms with E-state index >= 15 is 0 Å². The van der Waals surface area contributed by atoms with E-state index in [0.717, 1.165) is 4.88 Å². The van der Waals surface area contributed by atoms with Gasteiger partial charge in [-0.25, -0.2) is 4.39 Å². The van der Waals surface area contributed by atoms with Crippen LogP contribution in [0.2, 0.25) is 4.34 Å². The Morgan fingerprint density at radius 2 is 2.15 bits per heavy atom. The van der Waals surface area contributed by atoms with Crippen molar-refractivity contribution >= 4 is 28.8 Å². The Kier molecular flexibility index (Phi) is 4.62. The molecule has 0 aliphatic rings. The first-order chi connectivity index (χ1) is 9.51. The number of thiophene rings is 1. The van der Waals surface area contributed by atoms with Crippen molar-refractivity contribution in [3.63, 3.8) is 0 Å². The molecular weight excluding hydrogens is 301 g/mol. The Morgan fingerprint density at radius 3 is 2.70 bits per heavy atom. The van der Waals surface area contributed by atoms with Crippen LogP contribution in [0.3, 0.4) is 0 Å². The molecule has 0 atom stereocenters. The molecule has 2 rings (SSSR count). The summed E-state index contributed by atoms with van der Waals surface area (Å²) in [7, 11) is 3.07. The number of ether oxygens (including phenoxy) is 1. The van der Waals surface area contributed by atoms with Crippen LogP contribution in [-0.4, -0.2) is 25.0 Å². The lowest BCUT2D eigenvalue weighted by Crippen LogP contribution is -2.26. The lowest BCUT2D eigenvalue weighted by molar-refractivity contribution is 0.0781. The first-order valence-corrected chi connectivity index (χ1v) is 7.04. The lowest BCUT2D eigenvalue weighted by atomic mass is 10.1. The first kappa shape index (κ1) is 14.8. The zero-order valence-electron chi connectivity index (χ0n) is 11.0. The number of hydrogen-bond acceptors (Lipinski definition) is 3. The summed E-state index contributed by atoms with van der Waals surface area (Å²) in [6.07, 6.45) is 0. The van der Waals surface area contributed by atoms with E-state index in [2.05, 4.69) is 0 Å². The molecule has 0 unspecified atom stereocenters. The van der Waals surface area contributed by atoms with Gasteiger partial charge in [-0.3, -0.25) is 4.79 Å². The molecule has 0 spiro atoms. The molecule has 1 heterocycles. The summed E-state index contributed by atoms with van der Waals surface area (Å²) in [5.41, 5.74) is 0.0240. The first-order valence-electron chi connectivity index (χ1n) is 5.84. The van der Waals surface area contributed by atoms with Gasteiger partial charge in [-0.2, -0.15) is 0 Å². The zero-order valence-corrected chi connectivity index (χ0v) is 12.6. The summed E-state index contributed by atoms with van der Waals surface area (Å²) >= 11 is 7.24. The molecule has 106 valence electrons. The third-order valence-electron chi connectivity index (χ3n) is 2.78. The topological polar surface area (TPSA) is 29.5 Å². The van der Waals surface area contributed by atoms with Crippen molar-refractivity contribution in [2.75, 3.05) is 14.2 Å². The standard InChI is InChI=1S/C14H13ClFNO2S/c1-17(8-10-4-6-13(15)20-10)14(18)11-5-3-9(19-2)7-12(11)16/h3-7H,8H2,1-2H3. The Hall–Kier alpha value is -1.59. The highest BCUT2D eigenvalue weighted by Crippen LogP contribution is 2.23. The van der Waals surface area contributed by atoms with Crippen molar-refractivity contribution in [2.45, 2.75) is 6.54 Å². The number of benzene rings is 1. The number of nitrogens with zero attached hydrogens (tertiary/aromatic N) is 1. The maximum Gasteiger partial charge on any atom is 0.256 e. The minimum Gasteiger partial charge on any atom is -0.497 e. The molecule has 0 aliphatic carbocycles. The maximum absolute atomic E-state index is 13.8. The number of carbonyl (C=O) groups is 1. The van der Waals surface area contributed by atoms with E-state index in [4.69, 9.17) is 16.3 Å². The molecule has 1 amide bonds. The van der Waals surface area contributed by atoms with Crippen molar-refractivity contribution < 1.29 is 13.9 Å². The Bertz CT molecular complexity index is 629. The van der Waals surface area contributed by atoms with Crippen LogP contribution >= 0.6 is 22.9 Å². The van der Waals surface area contributed by atoms with Crippen molar-refractivity contribution in [3.05, 3.63) is 50.9 Å². The molecule has 0 fully saturated rings. The van der Waals surface area contributed by atoms with Crippen molar-refractivity contribution in [1.82, 2.24) is 4.90 Å². The minimum absolute atomic E-state index is 0.0240. The fourth-order valence-electron chi connectivity index (χ4n) is 1.74. The number of hydrogen-bond donors (Lipinski definition) is 0. The second kappa shape index (κ2) is 6.24. The van der Waals surface area contributed by atoms with Gasteiger partial charge in [0.15, 0.2) is 0 Å². The monoisotopic (exact) mass is 313 g/mol. The normalized spacial score (nSPS) is 10.4. The van der Waals surface area contributed by atoms with Crippen LogP contribution in [0.5, 0.6) is 5.75 Å². The van der Waals surface area contributed by atoms with Gasteiger partial charge in [-0.05, 0) is 24.3 Å². The van der Waals surface area contributed by atoms with Gasteiger partial charge in [0.2, 0.25) is 0 Å². The minimum atomic E-state index is -0.592. The van der Waals surface area contributed by atoms with Crippen LogP contribution in [0.15, 0.2) is 30.3 Å². The van der Waals surface area contributed by atoms with E-state index in [0.29, 0.717) is 16.6 Å². The highest BCUT2D eigenvalue weighted by Gasteiger charge is 2.17. The molecule has 0 saturated heterocycles. The van der Waals surface area contributed by atoms with Crippen LogP contribution < -0.4 is 4.74 Å². The summed E-state index contributed by atoms with van der Waals surface area (Å²) in [6.45, 7) is 0.391. The van der Waals surface area contributed by atoms with E-state index in [-0.39, 0.29) is 11.5 Å². The highest BCUT2D eigenvalue weighted by atomic mass is 35.5. The molecule has 0 N–H and O–H groups in total. The maximum atomic E-state index is 13.8. The molecule has 6 heteroatoms. The molecule has 1 aromatic carbocycles. The SMILES string of the molecule is COc1ccc(C(=O)N(C)Cc2ccc(Cl)s2)c(F)c1. The second-order valence-corrected chi connectivity index (χ2v) is 6.01. The molecule has 20 heavy (non-hydrogen) atoms. The smallest absolute Gasteiger partial charge is 0.256 e. The summed E-state index contributed by atoms with van der Waals surface area (Å²) in [5.74, 6) is -0.591. The predicted octanol–water partition coefficient (Wildman–Crippen LogP) is 3.82. The third-order valence-corrected chi connectivity index (χ3v) is 3.99. The Balaban J connectivity index is 2.14. The fourth-order valence-corrected chi connectivity index (χ4v) is 2.89. The molecule has 0 saturated carbocycles. The summed E-state index contributed by atoms with van der Waals surface area (Å²) in [4.78, 5) is 14.6. The van der Waals surface area contributed by atoms with E-state index < -0.39 is 5.82 Å². The Morgan fingerprint density at radius 1 is 1.40 bits per heavy atom. The van der Waals surface area contributed by atoms with E-state index in [1.54, 1.807) is 19.2 Å². The van der Waals surface area contributed by atoms with Gasteiger partial charge in [0.25, 0.3) is 5.91 Å². The van der Waals surface area contributed by atoms with Gasteiger partial charge in [0.1, 0.15) is 11.6 Å². The molecular formula is C14H13ClFNO2S. The number of amides is 1. The predicted molar refractivity (Wildman–Crippen MR) is 78.1 cm³/mol. The van der Waals surface area contributed by atoms with Gasteiger partial charge in [0, 0.05) is 18.0 Å². The third kappa shape index (κ3) is 3.29. The van der Waals surface area contributed by atoms with Gasteiger partial charge < -0.3 is 9.64 Å². The van der Waals surface area contributed by atoms with Crippen molar-refractivity contribution in [3.8, 4) is 5.75 Å². The average Bonchev–Trinajstić information content (AvgIpc) is 2.83.